The molecule has 0 saturated carbocycles. The van der Waals surface area contributed by atoms with E-state index < -0.39 is 5.97 Å². The van der Waals surface area contributed by atoms with E-state index in [0.29, 0.717) is 6.54 Å². The molecule has 0 fully saturated rings. The molecule has 0 bridgehead atoms. The lowest BCUT2D eigenvalue weighted by molar-refractivity contribution is -0.133. The zero-order valence-corrected chi connectivity index (χ0v) is 10.4. The molecule has 17 heavy (non-hydrogen) atoms. The third-order valence-corrected chi connectivity index (χ3v) is 3.85. The topological polar surface area (TPSA) is 72.5 Å². The van der Waals surface area contributed by atoms with Gasteiger partial charge < -0.3 is 15.5 Å². The van der Waals surface area contributed by atoms with Crippen molar-refractivity contribution in [3.05, 3.63) is 23.8 Å². The van der Waals surface area contributed by atoms with Crippen LogP contribution >= 0.6 is 11.8 Å². The van der Waals surface area contributed by atoms with Gasteiger partial charge >= 0.3 is 12.9 Å². The second kappa shape index (κ2) is 5.12. The molecule has 0 saturated heterocycles. The van der Waals surface area contributed by atoms with Gasteiger partial charge in [0.15, 0.2) is 0 Å². The van der Waals surface area contributed by atoms with Crippen LogP contribution in [0.25, 0.3) is 0 Å². The second-order valence-corrected chi connectivity index (χ2v) is 4.96. The molecule has 1 aromatic carbocycles. The van der Waals surface area contributed by atoms with Crippen molar-refractivity contribution in [2.24, 2.45) is 5.73 Å². The van der Waals surface area contributed by atoms with Gasteiger partial charge in [0.1, 0.15) is 0 Å². The van der Waals surface area contributed by atoms with Gasteiger partial charge in [-0.3, -0.25) is 4.79 Å². The maximum absolute atomic E-state index is 10.6. The molecule has 0 amide bonds. The Morgan fingerprint density at radius 2 is 2.41 bits per heavy atom. The maximum atomic E-state index is 10.6. The molecule has 1 heterocycles. The summed E-state index contributed by atoms with van der Waals surface area (Å²) in [6.07, 6.45) is -0.0645. The van der Waals surface area contributed by atoms with E-state index >= 15 is 0 Å². The molecule has 90 valence electrons. The summed E-state index contributed by atoms with van der Waals surface area (Å²) in [5.74, 6) is -0.745. The van der Waals surface area contributed by atoms with Gasteiger partial charge in [-0.25, -0.2) is 0 Å². The Balaban J connectivity index is 2.30. The van der Waals surface area contributed by atoms with Gasteiger partial charge in [-0.15, -0.1) is 11.8 Å². The average molecular weight is 251 g/mol. The molecule has 1 aliphatic rings. The van der Waals surface area contributed by atoms with E-state index in [1.54, 1.807) is 0 Å². The van der Waals surface area contributed by atoms with Crippen LogP contribution < -0.4 is 11.2 Å². The molecular formula is C11H14BNO3S. The highest BCUT2D eigenvalue weighted by atomic mass is 32.2. The highest BCUT2D eigenvalue weighted by molar-refractivity contribution is 8.00. The first-order chi connectivity index (χ1) is 8.13. The Kier molecular flexibility index (Phi) is 3.76. The summed E-state index contributed by atoms with van der Waals surface area (Å²) in [6, 6.07) is 5.86. The average Bonchev–Trinajstić information content (AvgIpc) is 2.64. The minimum atomic E-state index is -0.811. The molecule has 1 unspecified atom stereocenters. The molecule has 1 aromatic rings. The Bertz CT molecular complexity index is 441. The van der Waals surface area contributed by atoms with Gasteiger partial charge in [0, 0.05) is 11.4 Å². The lowest BCUT2D eigenvalue weighted by Crippen LogP contribution is -2.26. The summed E-state index contributed by atoms with van der Waals surface area (Å²) in [5, 5.41) is 8.72. The van der Waals surface area contributed by atoms with Gasteiger partial charge in [0.2, 0.25) is 0 Å². The summed E-state index contributed by atoms with van der Waals surface area (Å²) in [7, 11) is 0. The van der Waals surface area contributed by atoms with Crippen molar-refractivity contribution in [2.75, 3.05) is 12.3 Å². The van der Waals surface area contributed by atoms with Crippen LogP contribution in [0.15, 0.2) is 23.1 Å². The fourth-order valence-corrected chi connectivity index (χ4v) is 3.01. The number of benzene rings is 1. The number of carbonyl (C=O) groups is 1. The summed E-state index contributed by atoms with van der Waals surface area (Å²) >= 11 is 1.33. The minimum Gasteiger partial charge on any atom is -0.481 e. The van der Waals surface area contributed by atoms with Crippen molar-refractivity contribution < 1.29 is 14.6 Å². The van der Waals surface area contributed by atoms with Crippen LogP contribution in [0, 0.1) is 0 Å². The van der Waals surface area contributed by atoms with Crippen LogP contribution in [0.4, 0.5) is 0 Å². The SMILES string of the molecule is CB1OC(CN)c2cccc(SCC(=O)O)c21. The number of thioether (sulfide) groups is 1. The number of carboxylic acids is 1. The highest BCUT2D eigenvalue weighted by Crippen LogP contribution is 2.28. The van der Waals surface area contributed by atoms with Crippen molar-refractivity contribution in [1.29, 1.82) is 0 Å². The fourth-order valence-electron chi connectivity index (χ4n) is 2.11. The number of hydrogen-bond donors (Lipinski definition) is 2. The van der Waals surface area contributed by atoms with E-state index in [4.69, 9.17) is 15.5 Å². The Hall–Kier alpha value is -0.975. The standard InChI is InChI=1S/C11H14BNO3S/c1-12-11-7(8(5-13)16-12)3-2-4-9(11)17-6-10(14)15/h2-4,8H,5-6,13H2,1H3,(H,14,15). The van der Waals surface area contributed by atoms with E-state index in [2.05, 4.69) is 0 Å². The number of carboxylic acid groups (broad SMARTS) is 1. The minimum absolute atomic E-state index is 0.0176. The van der Waals surface area contributed by atoms with Crippen LogP contribution in [0.1, 0.15) is 11.7 Å². The zero-order chi connectivity index (χ0) is 12.4. The summed E-state index contributed by atoms with van der Waals surface area (Å²) < 4.78 is 5.74. The fraction of sp³-hybridized carbons (Fsp3) is 0.364. The molecule has 6 heteroatoms. The lowest BCUT2D eigenvalue weighted by atomic mass is 9.64. The van der Waals surface area contributed by atoms with Gasteiger partial charge in [0.25, 0.3) is 0 Å². The highest BCUT2D eigenvalue weighted by Gasteiger charge is 2.33. The van der Waals surface area contributed by atoms with Crippen molar-refractivity contribution in [2.45, 2.75) is 17.8 Å². The second-order valence-electron chi connectivity index (χ2n) is 3.94. The number of aliphatic carboxylic acids is 1. The molecule has 3 N–H and O–H groups in total. The summed E-state index contributed by atoms with van der Waals surface area (Å²) in [5.41, 5.74) is 7.84. The van der Waals surface area contributed by atoms with Crippen LogP contribution in [-0.4, -0.2) is 30.3 Å². The number of fused-ring (bicyclic) bond motifs is 1. The van der Waals surface area contributed by atoms with Gasteiger partial charge in [-0.1, -0.05) is 19.0 Å². The first-order valence-corrected chi connectivity index (χ1v) is 6.45. The summed E-state index contributed by atoms with van der Waals surface area (Å²) in [4.78, 5) is 11.6. The van der Waals surface area contributed by atoms with Crippen LogP contribution in [0.5, 0.6) is 0 Å². The first-order valence-electron chi connectivity index (χ1n) is 5.46. The van der Waals surface area contributed by atoms with E-state index in [1.807, 2.05) is 25.0 Å². The molecule has 1 aliphatic heterocycles. The predicted octanol–water partition coefficient (Wildman–Crippen LogP) is 0.722. The van der Waals surface area contributed by atoms with Gasteiger partial charge in [-0.05, 0) is 17.1 Å². The maximum Gasteiger partial charge on any atom is 0.325 e. The largest absolute Gasteiger partial charge is 0.481 e. The van der Waals surface area contributed by atoms with Gasteiger partial charge in [0.05, 0.1) is 11.9 Å². The quantitative estimate of drug-likeness (QED) is 0.609. The smallest absolute Gasteiger partial charge is 0.325 e. The van der Waals surface area contributed by atoms with E-state index in [0.717, 1.165) is 15.9 Å². The lowest BCUT2D eigenvalue weighted by Gasteiger charge is -2.09. The van der Waals surface area contributed by atoms with Crippen molar-refractivity contribution in [3.63, 3.8) is 0 Å². The van der Waals surface area contributed by atoms with Crippen LogP contribution in [-0.2, 0) is 9.45 Å². The number of hydrogen-bond acceptors (Lipinski definition) is 4. The van der Waals surface area contributed by atoms with E-state index in [1.165, 1.54) is 11.8 Å². The van der Waals surface area contributed by atoms with Crippen molar-refractivity contribution >= 4 is 30.1 Å². The first kappa shape index (κ1) is 12.5. The molecule has 0 aromatic heterocycles. The third kappa shape index (κ3) is 2.49. The predicted molar refractivity (Wildman–Crippen MR) is 68.9 cm³/mol. The molecule has 4 nitrogen and oxygen atoms in total. The molecule has 0 aliphatic carbocycles. The van der Waals surface area contributed by atoms with Crippen molar-refractivity contribution in [1.82, 2.24) is 0 Å². The van der Waals surface area contributed by atoms with Crippen LogP contribution in [0.3, 0.4) is 0 Å². The normalized spacial score (nSPS) is 18.2. The van der Waals surface area contributed by atoms with E-state index in [9.17, 15) is 4.79 Å². The third-order valence-electron chi connectivity index (χ3n) is 2.79. The number of rotatable bonds is 4. The van der Waals surface area contributed by atoms with Crippen molar-refractivity contribution in [3.8, 4) is 0 Å². The zero-order valence-electron chi connectivity index (χ0n) is 9.55. The van der Waals surface area contributed by atoms with Gasteiger partial charge in [-0.2, -0.15) is 0 Å². The van der Waals surface area contributed by atoms with Crippen LogP contribution in [0.2, 0.25) is 6.82 Å². The van der Waals surface area contributed by atoms with E-state index in [-0.39, 0.29) is 18.8 Å². The molecule has 0 spiro atoms. The Morgan fingerprint density at radius 1 is 1.65 bits per heavy atom. The molecule has 0 radical (unpaired) electrons. The summed E-state index contributed by atoms with van der Waals surface area (Å²) in [6.45, 7) is 2.40. The monoisotopic (exact) mass is 251 g/mol. The Morgan fingerprint density at radius 3 is 3.06 bits per heavy atom. The molecule has 1 atom stereocenters. The molecular weight excluding hydrogens is 237 g/mol. The molecule has 2 rings (SSSR count). The Labute approximate surface area is 105 Å². The number of nitrogens with two attached hydrogens (primary N) is 1.